The number of halogens is 5. The van der Waals surface area contributed by atoms with Crippen molar-refractivity contribution in [3.8, 4) is 0 Å². The van der Waals surface area contributed by atoms with Crippen LogP contribution in [0.2, 0.25) is 0 Å². The van der Waals surface area contributed by atoms with Gasteiger partial charge in [0.15, 0.2) is 0 Å². The minimum Gasteiger partial charge on any atom is -0.279 e. The summed E-state index contributed by atoms with van der Waals surface area (Å²) in [6.07, 6.45) is -3.76. The highest BCUT2D eigenvalue weighted by Crippen LogP contribution is 2.34. The van der Waals surface area contributed by atoms with Crippen LogP contribution < -0.4 is 5.43 Å². The molecule has 1 N–H and O–H groups in total. The van der Waals surface area contributed by atoms with Crippen LogP contribution in [0.25, 0.3) is 0 Å². The van der Waals surface area contributed by atoms with Crippen LogP contribution in [-0.2, 0) is 6.18 Å². The number of rotatable bonds is 3. The molecule has 0 aromatic heterocycles. The van der Waals surface area contributed by atoms with Gasteiger partial charge in [-0.3, -0.25) is 5.43 Å². The van der Waals surface area contributed by atoms with Crippen molar-refractivity contribution in [2.75, 3.05) is 5.43 Å². The monoisotopic (exact) mass is 360 g/mol. The first-order chi connectivity index (χ1) is 9.88. The van der Waals surface area contributed by atoms with Gasteiger partial charge in [-0.05, 0) is 24.3 Å². The second-order valence-corrected chi connectivity index (χ2v) is 5.01. The Kier molecular flexibility index (Phi) is 4.62. The zero-order valence-electron chi connectivity index (χ0n) is 10.5. The maximum absolute atomic E-state index is 13.8. The Hall–Kier alpha value is -1.89. The summed E-state index contributed by atoms with van der Waals surface area (Å²) < 4.78 is 52.0. The number of benzene rings is 2. The number of nitrogens with one attached hydrogen (secondary N) is 1. The highest BCUT2D eigenvalue weighted by atomic mass is 79.9. The third kappa shape index (κ3) is 4.04. The van der Waals surface area contributed by atoms with Crippen molar-refractivity contribution >= 4 is 27.8 Å². The molecule has 2 aromatic rings. The van der Waals surface area contributed by atoms with E-state index in [1.165, 1.54) is 6.07 Å². The summed E-state index contributed by atoms with van der Waals surface area (Å²) in [5.74, 6) is -1.36. The molecule has 0 saturated carbocycles. The molecular formula is C14H9BrF4N2. The van der Waals surface area contributed by atoms with Crippen LogP contribution in [0.3, 0.4) is 0 Å². The molecule has 2 rings (SSSR count). The van der Waals surface area contributed by atoms with E-state index in [0.717, 1.165) is 6.21 Å². The van der Waals surface area contributed by atoms with Crippen LogP contribution in [0.5, 0.6) is 0 Å². The van der Waals surface area contributed by atoms with Gasteiger partial charge in [-0.1, -0.05) is 34.1 Å². The van der Waals surface area contributed by atoms with Gasteiger partial charge in [0.1, 0.15) is 5.82 Å². The molecule has 0 aliphatic carbocycles. The summed E-state index contributed by atoms with van der Waals surface area (Å²) in [6.45, 7) is 0. The Morgan fingerprint density at radius 1 is 1.10 bits per heavy atom. The van der Waals surface area contributed by atoms with Crippen molar-refractivity contribution in [2.45, 2.75) is 6.18 Å². The Morgan fingerprint density at radius 3 is 2.38 bits per heavy atom. The Balaban J connectivity index is 2.26. The first-order valence-electron chi connectivity index (χ1n) is 5.78. The van der Waals surface area contributed by atoms with E-state index in [0.29, 0.717) is 11.8 Å². The highest BCUT2D eigenvalue weighted by molar-refractivity contribution is 9.10. The molecule has 21 heavy (non-hydrogen) atoms. The molecule has 0 amide bonds. The SMILES string of the molecule is Fc1c(C=NNc2ccccc2)cc(Br)cc1C(F)(F)F. The zero-order valence-corrected chi connectivity index (χ0v) is 12.0. The summed E-state index contributed by atoms with van der Waals surface area (Å²) in [7, 11) is 0. The third-order valence-corrected chi connectivity index (χ3v) is 3.00. The molecule has 0 atom stereocenters. The standard InChI is InChI=1S/C14H9BrF4N2/c15-10-6-9(13(16)12(7-10)14(17,18)19)8-20-21-11-4-2-1-3-5-11/h1-8,21H. The fourth-order valence-corrected chi connectivity index (χ4v) is 2.08. The lowest BCUT2D eigenvalue weighted by atomic mass is 10.1. The van der Waals surface area contributed by atoms with Crippen molar-refractivity contribution in [3.05, 3.63) is 63.9 Å². The predicted octanol–water partition coefficient (Wildman–Crippen LogP) is 5.05. The Labute approximate surface area is 126 Å². The summed E-state index contributed by atoms with van der Waals surface area (Å²) in [5, 5.41) is 3.73. The summed E-state index contributed by atoms with van der Waals surface area (Å²) in [6, 6.07) is 10.7. The molecule has 2 nitrogen and oxygen atoms in total. The Bertz CT molecular complexity index is 654. The van der Waals surface area contributed by atoms with Gasteiger partial charge >= 0.3 is 6.18 Å². The molecule has 0 saturated heterocycles. The van der Waals surface area contributed by atoms with E-state index in [4.69, 9.17) is 0 Å². The average molecular weight is 361 g/mol. The number of hydrogen-bond donors (Lipinski definition) is 1. The van der Waals surface area contributed by atoms with E-state index in [1.54, 1.807) is 30.3 Å². The smallest absolute Gasteiger partial charge is 0.279 e. The van der Waals surface area contributed by atoms with Gasteiger partial charge in [-0.2, -0.15) is 18.3 Å². The van der Waals surface area contributed by atoms with Gasteiger partial charge in [0, 0.05) is 10.0 Å². The number of hydrogen-bond acceptors (Lipinski definition) is 2. The molecule has 0 fully saturated rings. The number of nitrogens with zero attached hydrogens (tertiary/aromatic N) is 1. The van der Waals surface area contributed by atoms with Gasteiger partial charge in [0.05, 0.1) is 17.5 Å². The first-order valence-corrected chi connectivity index (χ1v) is 6.57. The van der Waals surface area contributed by atoms with Crippen molar-refractivity contribution in [1.82, 2.24) is 0 Å². The van der Waals surface area contributed by atoms with Crippen LogP contribution in [0, 0.1) is 5.82 Å². The van der Waals surface area contributed by atoms with Crippen LogP contribution in [0.4, 0.5) is 23.2 Å². The molecule has 0 bridgehead atoms. The second kappa shape index (κ2) is 6.26. The molecule has 0 unspecified atom stereocenters. The number of para-hydroxylation sites is 1. The van der Waals surface area contributed by atoms with Crippen LogP contribution in [0.15, 0.2) is 52.0 Å². The zero-order chi connectivity index (χ0) is 15.5. The molecule has 7 heteroatoms. The largest absolute Gasteiger partial charge is 0.419 e. The van der Waals surface area contributed by atoms with Crippen molar-refractivity contribution in [3.63, 3.8) is 0 Å². The fraction of sp³-hybridized carbons (Fsp3) is 0.0714. The molecule has 0 aliphatic heterocycles. The van der Waals surface area contributed by atoms with Gasteiger partial charge in [0.25, 0.3) is 0 Å². The molecule has 0 aliphatic rings. The fourth-order valence-electron chi connectivity index (χ4n) is 1.60. The molecule has 0 spiro atoms. The summed E-state index contributed by atoms with van der Waals surface area (Å²) in [5.41, 5.74) is 1.64. The Morgan fingerprint density at radius 2 is 1.76 bits per heavy atom. The van der Waals surface area contributed by atoms with Crippen molar-refractivity contribution < 1.29 is 17.6 Å². The lowest BCUT2D eigenvalue weighted by Crippen LogP contribution is -2.10. The quantitative estimate of drug-likeness (QED) is 0.462. The molecule has 2 aromatic carbocycles. The van der Waals surface area contributed by atoms with Crippen molar-refractivity contribution in [1.29, 1.82) is 0 Å². The second-order valence-electron chi connectivity index (χ2n) is 4.09. The van der Waals surface area contributed by atoms with Gasteiger partial charge in [-0.15, -0.1) is 0 Å². The van der Waals surface area contributed by atoms with Crippen LogP contribution >= 0.6 is 15.9 Å². The van der Waals surface area contributed by atoms with E-state index in [-0.39, 0.29) is 10.0 Å². The van der Waals surface area contributed by atoms with Crippen LogP contribution in [-0.4, -0.2) is 6.21 Å². The molecule has 0 heterocycles. The summed E-state index contributed by atoms with van der Waals surface area (Å²) in [4.78, 5) is 0. The molecular weight excluding hydrogens is 352 g/mol. The summed E-state index contributed by atoms with van der Waals surface area (Å²) >= 11 is 2.93. The number of hydrazone groups is 1. The lowest BCUT2D eigenvalue weighted by molar-refractivity contribution is -0.140. The van der Waals surface area contributed by atoms with Gasteiger partial charge < -0.3 is 0 Å². The maximum Gasteiger partial charge on any atom is 0.419 e. The first kappa shape index (κ1) is 15.5. The average Bonchev–Trinajstić information content (AvgIpc) is 2.42. The minimum atomic E-state index is -4.76. The topological polar surface area (TPSA) is 24.4 Å². The predicted molar refractivity (Wildman–Crippen MR) is 76.8 cm³/mol. The van der Waals surface area contributed by atoms with E-state index in [2.05, 4.69) is 26.5 Å². The molecule has 110 valence electrons. The van der Waals surface area contributed by atoms with Gasteiger partial charge in [0.2, 0.25) is 0 Å². The minimum absolute atomic E-state index is 0.123. The maximum atomic E-state index is 13.8. The molecule has 0 radical (unpaired) electrons. The number of alkyl halides is 3. The number of anilines is 1. The van der Waals surface area contributed by atoms with E-state index in [9.17, 15) is 17.6 Å². The van der Waals surface area contributed by atoms with E-state index >= 15 is 0 Å². The third-order valence-electron chi connectivity index (χ3n) is 2.54. The van der Waals surface area contributed by atoms with Crippen LogP contribution in [0.1, 0.15) is 11.1 Å². The normalized spacial score (nSPS) is 11.9. The van der Waals surface area contributed by atoms with Gasteiger partial charge in [-0.25, -0.2) is 4.39 Å². The lowest BCUT2D eigenvalue weighted by Gasteiger charge is -2.10. The van der Waals surface area contributed by atoms with E-state index in [1.807, 2.05) is 0 Å². The highest BCUT2D eigenvalue weighted by Gasteiger charge is 2.35. The van der Waals surface area contributed by atoms with E-state index < -0.39 is 17.6 Å². The van der Waals surface area contributed by atoms with Crippen molar-refractivity contribution in [2.24, 2.45) is 5.10 Å².